The van der Waals surface area contributed by atoms with E-state index in [9.17, 15) is 4.79 Å². The normalized spacial score (nSPS) is 11.7. The number of ether oxygens (including phenoxy) is 1. The van der Waals surface area contributed by atoms with Gasteiger partial charge in [-0.2, -0.15) is 0 Å². The van der Waals surface area contributed by atoms with E-state index >= 15 is 0 Å². The standard InChI is InChI=1S/C19H21N5O2/c1-26-18-10-6-5-9-16(18)11-12-20-19(25)17(24-14-21-22-23-24)13-15-7-3-2-4-8-15/h2-10,14,17H,11-13H2,1H3,(H,20,25)/t17-/m0/s1. The van der Waals surface area contributed by atoms with E-state index in [4.69, 9.17) is 4.74 Å². The molecule has 3 rings (SSSR count). The second-order valence-corrected chi connectivity index (χ2v) is 5.85. The second-order valence-electron chi connectivity index (χ2n) is 5.85. The summed E-state index contributed by atoms with van der Waals surface area (Å²) in [6, 6.07) is 17.1. The van der Waals surface area contributed by atoms with Gasteiger partial charge in [0.1, 0.15) is 18.1 Å². The highest BCUT2D eigenvalue weighted by atomic mass is 16.5. The predicted octanol–water partition coefficient (Wildman–Crippen LogP) is 1.82. The van der Waals surface area contributed by atoms with Gasteiger partial charge in [-0.05, 0) is 34.0 Å². The van der Waals surface area contributed by atoms with Gasteiger partial charge >= 0.3 is 0 Å². The van der Waals surface area contributed by atoms with E-state index in [1.54, 1.807) is 7.11 Å². The van der Waals surface area contributed by atoms with E-state index in [0.717, 1.165) is 16.9 Å². The van der Waals surface area contributed by atoms with Crippen molar-refractivity contribution in [1.29, 1.82) is 0 Å². The van der Waals surface area contributed by atoms with E-state index in [-0.39, 0.29) is 5.91 Å². The van der Waals surface area contributed by atoms with Crippen LogP contribution >= 0.6 is 0 Å². The number of carbonyl (C=O) groups is 1. The van der Waals surface area contributed by atoms with Crippen molar-refractivity contribution < 1.29 is 9.53 Å². The highest BCUT2D eigenvalue weighted by Crippen LogP contribution is 2.17. The van der Waals surface area contributed by atoms with Gasteiger partial charge in [-0.15, -0.1) is 5.10 Å². The molecule has 3 aromatic rings. The van der Waals surface area contributed by atoms with Crippen molar-refractivity contribution in [2.75, 3.05) is 13.7 Å². The molecule has 1 aromatic heterocycles. The fraction of sp³-hybridized carbons (Fsp3) is 0.263. The van der Waals surface area contributed by atoms with Crippen molar-refractivity contribution in [2.24, 2.45) is 0 Å². The second kappa shape index (κ2) is 8.75. The van der Waals surface area contributed by atoms with Crippen LogP contribution in [0.4, 0.5) is 0 Å². The van der Waals surface area contributed by atoms with Crippen molar-refractivity contribution >= 4 is 5.91 Å². The summed E-state index contributed by atoms with van der Waals surface area (Å²) in [6.07, 6.45) is 2.67. The number of hydrogen-bond acceptors (Lipinski definition) is 5. The molecule has 0 aliphatic heterocycles. The minimum Gasteiger partial charge on any atom is -0.496 e. The highest BCUT2D eigenvalue weighted by molar-refractivity contribution is 5.80. The first kappa shape index (κ1) is 17.6. The average molecular weight is 351 g/mol. The number of tetrazole rings is 1. The van der Waals surface area contributed by atoms with Crippen LogP contribution in [-0.2, 0) is 17.6 Å². The largest absolute Gasteiger partial charge is 0.496 e. The van der Waals surface area contributed by atoms with Crippen LogP contribution in [0.2, 0.25) is 0 Å². The molecule has 0 spiro atoms. The van der Waals surface area contributed by atoms with Gasteiger partial charge < -0.3 is 10.1 Å². The van der Waals surface area contributed by atoms with Crippen LogP contribution in [0, 0.1) is 0 Å². The van der Waals surface area contributed by atoms with Crippen LogP contribution in [0.25, 0.3) is 0 Å². The molecule has 1 heterocycles. The molecule has 1 atom stereocenters. The number of rotatable bonds is 8. The lowest BCUT2D eigenvalue weighted by Crippen LogP contribution is -2.35. The third kappa shape index (κ3) is 4.44. The van der Waals surface area contributed by atoms with E-state index in [1.807, 2.05) is 54.6 Å². The van der Waals surface area contributed by atoms with Crippen molar-refractivity contribution in [1.82, 2.24) is 25.5 Å². The highest BCUT2D eigenvalue weighted by Gasteiger charge is 2.22. The van der Waals surface area contributed by atoms with Gasteiger partial charge in [-0.1, -0.05) is 48.5 Å². The number of nitrogens with one attached hydrogen (secondary N) is 1. The summed E-state index contributed by atoms with van der Waals surface area (Å²) in [7, 11) is 1.64. The molecule has 7 heteroatoms. The summed E-state index contributed by atoms with van der Waals surface area (Å²) >= 11 is 0. The Bertz CT molecular complexity index is 821. The zero-order valence-electron chi connectivity index (χ0n) is 14.6. The van der Waals surface area contributed by atoms with Crippen LogP contribution in [-0.4, -0.2) is 39.8 Å². The number of amides is 1. The van der Waals surface area contributed by atoms with Gasteiger partial charge in [0.15, 0.2) is 0 Å². The third-order valence-electron chi connectivity index (χ3n) is 4.14. The van der Waals surface area contributed by atoms with Crippen LogP contribution in [0.3, 0.4) is 0 Å². The number of nitrogens with zero attached hydrogens (tertiary/aromatic N) is 4. The zero-order chi connectivity index (χ0) is 18.2. The molecule has 2 aromatic carbocycles. The van der Waals surface area contributed by atoms with Crippen LogP contribution in [0.15, 0.2) is 60.9 Å². The maximum atomic E-state index is 12.7. The Morgan fingerprint density at radius 2 is 1.92 bits per heavy atom. The lowest BCUT2D eigenvalue weighted by atomic mass is 10.1. The minimum atomic E-state index is -0.495. The summed E-state index contributed by atoms with van der Waals surface area (Å²) in [5.41, 5.74) is 2.10. The Morgan fingerprint density at radius 3 is 2.65 bits per heavy atom. The van der Waals surface area contributed by atoms with Crippen molar-refractivity contribution in [2.45, 2.75) is 18.9 Å². The summed E-state index contributed by atoms with van der Waals surface area (Å²) in [5.74, 6) is 0.708. The summed E-state index contributed by atoms with van der Waals surface area (Å²) in [5, 5.41) is 14.2. The van der Waals surface area contributed by atoms with Crippen molar-refractivity contribution in [3.05, 3.63) is 72.1 Å². The minimum absolute atomic E-state index is 0.115. The topological polar surface area (TPSA) is 81.9 Å². The Balaban J connectivity index is 1.64. The molecule has 0 bridgehead atoms. The number of methoxy groups -OCH3 is 1. The molecule has 26 heavy (non-hydrogen) atoms. The van der Waals surface area contributed by atoms with Gasteiger partial charge in [0.2, 0.25) is 5.91 Å². The van der Waals surface area contributed by atoms with Gasteiger partial charge in [0.05, 0.1) is 7.11 Å². The summed E-state index contributed by atoms with van der Waals surface area (Å²) < 4.78 is 6.84. The summed E-state index contributed by atoms with van der Waals surface area (Å²) in [6.45, 7) is 0.507. The maximum Gasteiger partial charge on any atom is 0.245 e. The van der Waals surface area contributed by atoms with E-state index in [1.165, 1.54) is 11.0 Å². The molecule has 0 radical (unpaired) electrons. The Kier molecular flexibility index (Phi) is 5.92. The predicted molar refractivity (Wildman–Crippen MR) is 96.7 cm³/mol. The average Bonchev–Trinajstić information content (AvgIpc) is 3.21. The number of benzene rings is 2. The third-order valence-corrected chi connectivity index (χ3v) is 4.14. The summed E-state index contributed by atoms with van der Waals surface area (Å²) in [4.78, 5) is 12.7. The number of para-hydroxylation sites is 1. The molecule has 0 unspecified atom stereocenters. The number of carbonyl (C=O) groups excluding carboxylic acids is 1. The molecule has 0 fully saturated rings. The molecular formula is C19H21N5O2. The van der Waals surface area contributed by atoms with Gasteiger partial charge in [0, 0.05) is 13.0 Å². The first-order valence-corrected chi connectivity index (χ1v) is 8.44. The Morgan fingerprint density at radius 1 is 1.15 bits per heavy atom. The maximum absolute atomic E-state index is 12.7. The fourth-order valence-electron chi connectivity index (χ4n) is 2.80. The fourth-order valence-corrected chi connectivity index (χ4v) is 2.80. The van der Waals surface area contributed by atoms with Gasteiger partial charge in [-0.3, -0.25) is 4.79 Å². The first-order valence-electron chi connectivity index (χ1n) is 8.44. The van der Waals surface area contributed by atoms with E-state index in [0.29, 0.717) is 19.4 Å². The van der Waals surface area contributed by atoms with E-state index in [2.05, 4.69) is 20.8 Å². The monoisotopic (exact) mass is 351 g/mol. The molecule has 0 aliphatic carbocycles. The molecule has 0 saturated heterocycles. The first-order chi connectivity index (χ1) is 12.8. The quantitative estimate of drug-likeness (QED) is 0.669. The van der Waals surface area contributed by atoms with Crippen molar-refractivity contribution in [3.63, 3.8) is 0 Å². The number of aromatic nitrogens is 4. The Labute approximate surface area is 152 Å². The number of hydrogen-bond donors (Lipinski definition) is 1. The van der Waals surface area contributed by atoms with Gasteiger partial charge in [-0.25, -0.2) is 4.68 Å². The zero-order valence-corrected chi connectivity index (χ0v) is 14.6. The van der Waals surface area contributed by atoms with Crippen LogP contribution in [0.1, 0.15) is 17.2 Å². The van der Waals surface area contributed by atoms with Crippen LogP contribution < -0.4 is 10.1 Å². The van der Waals surface area contributed by atoms with Crippen LogP contribution in [0.5, 0.6) is 5.75 Å². The molecule has 0 aliphatic rings. The molecular weight excluding hydrogens is 330 g/mol. The SMILES string of the molecule is COc1ccccc1CCNC(=O)[C@H](Cc1ccccc1)n1cnnn1. The Hall–Kier alpha value is -3.22. The van der Waals surface area contributed by atoms with Crippen molar-refractivity contribution in [3.8, 4) is 5.75 Å². The lowest BCUT2D eigenvalue weighted by molar-refractivity contribution is -0.124. The van der Waals surface area contributed by atoms with E-state index < -0.39 is 6.04 Å². The molecule has 134 valence electrons. The smallest absolute Gasteiger partial charge is 0.245 e. The molecule has 1 N–H and O–H groups in total. The van der Waals surface area contributed by atoms with Gasteiger partial charge in [0.25, 0.3) is 0 Å². The lowest BCUT2D eigenvalue weighted by Gasteiger charge is -2.17. The molecule has 7 nitrogen and oxygen atoms in total. The molecule has 1 amide bonds. The molecule has 0 saturated carbocycles.